The van der Waals surface area contributed by atoms with Gasteiger partial charge in [-0.05, 0) is 50.6 Å². The standard InChI is InChI=1S/C19H21N5O3S/c1-3-24(16-8-9-28(26,27)12-16)18(25)17-10-13(2)21-19(23-17)22-15-6-4-14(11-20)5-7-15/h4-7,10,16H,3,8-9,12H2,1-2H3,(H,21,22,23). The normalized spacial score (nSPS) is 17.7. The van der Waals surface area contributed by atoms with E-state index in [1.165, 1.54) is 0 Å². The van der Waals surface area contributed by atoms with Crippen molar-refractivity contribution in [2.24, 2.45) is 0 Å². The summed E-state index contributed by atoms with van der Waals surface area (Å²) in [4.78, 5) is 23.2. The highest BCUT2D eigenvalue weighted by Gasteiger charge is 2.34. The van der Waals surface area contributed by atoms with Crippen molar-refractivity contribution in [3.8, 4) is 6.07 Å². The van der Waals surface area contributed by atoms with Crippen molar-refractivity contribution in [2.45, 2.75) is 26.3 Å². The largest absolute Gasteiger partial charge is 0.334 e. The zero-order valence-corrected chi connectivity index (χ0v) is 16.5. The zero-order valence-electron chi connectivity index (χ0n) is 15.7. The van der Waals surface area contributed by atoms with Crippen molar-refractivity contribution in [1.29, 1.82) is 5.26 Å². The maximum atomic E-state index is 13.0. The molecule has 28 heavy (non-hydrogen) atoms. The van der Waals surface area contributed by atoms with Crippen molar-refractivity contribution in [3.05, 3.63) is 47.3 Å². The van der Waals surface area contributed by atoms with Crippen LogP contribution in [-0.4, -0.2) is 53.3 Å². The Morgan fingerprint density at radius 3 is 2.61 bits per heavy atom. The molecule has 1 aliphatic heterocycles. The molecule has 1 unspecified atom stereocenters. The van der Waals surface area contributed by atoms with E-state index in [0.29, 0.717) is 29.9 Å². The lowest BCUT2D eigenvalue weighted by Gasteiger charge is -2.26. The van der Waals surface area contributed by atoms with E-state index in [0.717, 1.165) is 0 Å². The van der Waals surface area contributed by atoms with Crippen LogP contribution in [0.15, 0.2) is 30.3 Å². The molecule has 8 nitrogen and oxygen atoms in total. The summed E-state index contributed by atoms with van der Waals surface area (Å²) in [7, 11) is -3.09. The van der Waals surface area contributed by atoms with E-state index in [4.69, 9.17) is 5.26 Å². The number of sulfone groups is 1. The van der Waals surface area contributed by atoms with E-state index in [9.17, 15) is 13.2 Å². The molecule has 146 valence electrons. The van der Waals surface area contributed by atoms with Gasteiger partial charge in [0.25, 0.3) is 5.91 Å². The highest BCUT2D eigenvalue weighted by molar-refractivity contribution is 7.91. The Bertz CT molecular complexity index is 1030. The molecular weight excluding hydrogens is 378 g/mol. The number of hydrogen-bond donors (Lipinski definition) is 1. The first kappa shape index (κ1) is 19.8. The van der Waals surface area contributed by atoms with E-state index < -0.39 is 9.84 Å². The predicted molar refractivity (Wildman–Crippen MR) is 105 cm³/mol. The first-order valence-corrected chi connectivity index (χ1v) is 10.8. The first-order valence-electron chi connectivity index (χ1n) is 8.95. The molecule has 1 aromatic carbocycles. The van der Waals surface area contributed by atoms with Gasteiger partial charge < -0.3 is 10.2 Å². The third-order valence-corrected chi connectivity index (χ3v) is 6.34. The maximum absolute atomic E-state index is 13.0. The van der Waals surface area contributed by atoms with Crippen LogP contribution in [0.25, 0.3) is 0 Å². The highest BCUT2D eigenvalue weighted by atomic mass is 32.2. The molecule has 2 aromatic rings. The van der Waals surface area contributed by atoms with Gasteiger partial charge in [0.05, 0.1) is 23.1 Å². The number of nitrogens with zero attached hydrogens (tertiary/aromatic N) is 4. The van der Waals surface area contributed by atoms with Crippen LogP contribution < -0.4 is 5.32 Å². The van der Waals surface area contributed by atoms with Crippen LogP contribution in [0.4, 0.5) is 11.6 Å². The summed E-state index contributed by atoms with van der Waals surface area (Å²) >= 11 is 0. The molecule has 0 bridgehead atoms. The van der Waals surface area contributed by atoms with Gasteiger partial charge in [-0.15, -0.1) is 0 Å². The predicted octanol–water partition coefficient (Wildman–Crippen LogP) is 2.05. The fourth-order valence-corrected chi connectivity index (χ4v) is 4.96. The lowest BCUT2D eigenvalue weighted by atomic mass is 10.2. The Labute approximate surface area is 164 Å². The number of hydrogen-bond acceptors (Lipinski definition) is 7. The maximum Gasteiger partial charge on any atom is 0.272 e. The van der Waals surface area contributed by atoms with Gasteiger partial charge in [-0.2, -0.15) is 5.26 Å². The molecule has 1 fully saturated rings. The average molecular weight is 399 g/mol. The number of nitrogens with one attached hydrogen (secondary N) is 1. The summed E-state index contributed by atoms with van der Waals surface area (Å²) in [6.07, 6.45) is 0.447. The summed E-state index contributed by atoms with van der Waals surface area (Å²) in [5, 5.41) is 11.9. The first-order chi connectivity index (χ1) is 13.3. The van der Waals surface area contributed by atoms with E-state index in [1.807, 2.05) is 6.92 Å². The van der Waals surface area contributed by atoms with Gasteiger partial charge in [-0.3, -0.25) is 4.79 Å². The topological polar surface area (TPSA) is 116 Å². The number of benzene rings is 1. The van der Waals surface area contributed by atoms with Crippen LogP contribution in [0.1, 0.15) is 35.1 Å². The van der Waals surface area contributed by atoms with Crippen LogP contribution in [-0.2, 0) is 9.84 Å². The third kappa shape index (κ3) is 4.46. The monoisotopic (exact) mass is 399 g/mol. The Hall–Kier alpha value is -2.99. The lowest BCUT2D eigenvalue weighted by molar-refractivity contribution is 0.0702. The number of carbonyl (C=O) groups excluding carboxylic acids is 1. The second-order valence-corrected chi connectivity index (χ2v) is 8.91. The number of aryl methyl sites for hydroxylation is 1. The number of rotatable bonds is 5. The van der Waals surface area contributed by atoms with Crippen LogP contribution in [0.5, 0.6) is 0 Å². The molecule has 9 heteroatoms. The van der Waals surface area contributed by atoms with Crippen molar-refractivity contribution in [1.82, 2.24) is 14.9 Å². The average Bonchev–Trinajstić information content (AvgIpc) is 3.02. The molecule has 0 radical (unpaired) electrons. The Morgan fingerprint density at radius 2 is 2.04 bits per heavy atom. The van der Waals surface area contributed by atoms with Gasteiger partial charge in [-0.25, -0.2) is 18.4 Å². The SMILES string of the molecule is CCN(C(=O)c1cc(C)nc(Nc2ccc(C#N)cc2)n1)C1CCS(=O)(=O)C1. The van der Waals surface area contributed by atoms with Gasteiger partial charge in [0.2, 0.25) is 5.95 Å². The van der Waals surface area contributed by atoms with E-state index in [2.05, 4.69) is 21.4 Å². The van der Waals surface area contributed by atoms with E-state index >= 15 is 0 Å². The lowest BCUT2D eigenvalue weighted by Crippen LogP contribution is -2.41. The molecule has 0 aliphatic carbocycles. The Morgan fingerprint density at radius 1 is 1.32 bits per heavy atom. The fourth-order valence-electron chi connectivity index (χ4n) is 3.23. The Kier molecular flexibility index (Phi) is 5.61. The zero-order chi connectivity index (χ0) is 20.3. The van der Waals surface area contributed by atoms with Crippen LogP contribution >= 0.6 is 0 Å². The van der Waals surface area contributed by atoms with E-state index in [-0.39, 0.29) is 35.1 Å². The van der Waals surface area contributed by atoms with Crippen molar-refractivity contribution in [3.63, 3.8) is 0 Å². The van der Waals surface area contributed by atoms with Gasteiger partial charge in [0, 0.05) is 24.0 Å². The molecule has 2 heterocycles. The second-order valence-electron chi connectivity index (χ2n) is 6.68. The molecule has 0 saturated carbocycles. The molecule has 1 aliphatic rings. The molecule has 3 rings (SSSR count). The molecular formula is C19H21N5O3S. The van der Waals surface area contributed by atoms with Crippen molar-refractivity contribution >= 4 is 27.4 Å². The van der Waals surface area contributed by atoms with Crippen molar-refractivity contribution < 1.29 is 13.2 Å². The van der Waals surface area contributed by atoms with Gasteiger partial charge in [0.1, 0.15) is 5.69 Å². The summed E-state index contributed by atoms with van der Waals surface area (Å²) in [6.45, 7) is 3.99. The smallest absolute Gasteiger partial charge is 0.272 e. The van der Waals surface area contributed by atoms with Crippen LogP contribution in [0, 0.1) is 18.3 Å². The molecule has 1 aromatic heterocycles. The molecule has 1 atom stereocenters. The number of amides is 1. The van der Waals surface area contributed by atoms with Gasteiger partial charge >= 0.3 is 0 Å². The number of carbonyl (C=O) groups is 1. The van der Waals surface area contributed by atoms with Crippen LogP contribution in [0.3, 0.4) is 0 Å². The summed E-state index contributed by atoms with van der Waals surface area (Å²) in [5.41, 5.74) is 2.06. The van der Waals surface area contributed by atoms with Crippen molar-refractivity contribution in [2.75, 3.05) is 23.4 Å². The minimum atomic E-state index is -3.09. The molecule has 1 amide bonds. The number of anilines is 2. The quantitative estimate of drug-likeness (QED) is 0.818. The highest BCUT2D eigenvalue weighted by Crippen LogP contribution is 2.21. The summed E-state index contributed by atoms with van der Waals surface area (Å²) in [5.74, 6) is 0.0593. The van der Waals surface area contributed by atoms with Gasteiger partial charge in [0.15, 0.2) is 9.84 Å². The number of nitriles is 1. The molecule has 0 spiro atoms. The Balaban J connectivity index is 1.83. The minimum absolute atomic E-state index is 0.00695. The van der Waals surface area contributed by atoms with E-state index in [1.54, 1.807) is 42.2 Å². The summed E-state index contributed by atoms with van der Waals surface area (Å²) < 4.78 is 23.6. The third-order valence-electron chi connectivity index (χ3n) is 4.59. The van der Waals surface area contributed by atoms with Gasteiger partial charge in [-0.1, -0.05) is 0 Å². The second kappa shape index (κ2) is 7.94. The van der Waals surface area contributed by atoms with Crippen LogP contribution in [0.2, 0.25) is 0 Å². The summed E-state index contributed by atoms with van der Waals surface area (Å²) in [6, 6.07) is 10.1. The minimum Gasteiger partial charge on any atom is -0.334 e. The fraction of sp³-hybridized carbons (Fsp3) is 0.368. The number of aromatic nitrogens is 2. The molecule has 1 N–H and O–H groups in total. The molecule has 1 saturated heterocycles.